The van der Waals surface area contributed by atoms with Gasteiger partial charge in [-0.15, -0.1) is 24.8 Å². The van der Waals surface area contributed by atoms with Gasteiger partial charge in [0.2, 0.25) is 0 Å². The van der Waals surface area contributed by atoms with Gasteiger partial charge in [0.15, 0.2) is 0 Å². The highest BCUT2D eigenvalue weighted by Crippen LogP contribution is 2.17. The van der Waals surface area contributed by atoms with Crippen LogP contribution in [0.15, 0.2) is 42.9 Å². The molecule has 0 aliphatic heterocycles. The molecule has 0 atom stereocenters. The number of halogens is 2. The Morgan fingerprint density at radius 1 is 1.10 bits per heavy atom. The Labute approximate surface area is 135 Å². The molecule has 1 aromatic carbocycles. The highest BCUT2D eigenvalue weighted by molar-refractivity contribution is 5.85. The van der Waals surface area contributed by atoms with Gasteiger partial charge in [0.25, 0.3) is 0 Å². The fourth-order valence-corrected chi connectivity index (χ4v) is 2.20. The molecule has 0 saturated carbocycles. The van der Waals surface area contributed by atoms with E-state index >= 15 is 0 Å². The Kier molecular flexibility index (Phi) is 6.55. The van der Waals surface area contributed by atoms with Gasteiger partial charge in [0.05, 0.1) is 23.3 Å². The molecule has 0 aliphatic rings. The molecule has 0 aliphatic carbocycles. The predicted octanol–water partition coefficient (Wildman–Crippen LogP) is 2.22. The van der Waals surface area contributed by atoms with Crippen molar-refractivity contribution >= 4 is 35.8 Å². The molecule has 0 unspecified atom stereocenters. The van der Waals surface area contributed by atoms with Crippen LogP contribution in [0, 0.1) is 0 Å². The molecule has 2 aromatic heterocycles. The molecule has 3 rings (SSSR count). The smallest absolute Gasteiger partial charge is 0.115 e. The van der Waals surface area contributed by atoms with E-state index in [1.54, 1.807) is 12.5 Å². The lowest BCUT2D eigenvalue weighted by Gasteiger charge is -2.07. The van der Waals surface area contributed by atoms with Gasteiger partial charge in [-0.2, -0.15) is 0 Å². The molecule has 0 fully saturated rings. The fraction of sp³-hybridized carbons (Fsp3) is 0.214. The van der Waals surface area contributed by atoms with Gasteiger partial charge in [-0.1, -0.05) is 12.1 Å². The van der Waals surface area contributed by atoms with E-state index in [0.29, 0.717) is 13.1 Å². The van der Waals surface area contributed by atoms with E-state index in [4.69, 9.17) is 5.73 Å². The zero-order chi connectivity index (χ0) is 13.1. The summed E-state index contributed by atoms with van der Waals surface area (Å²) in [5.41, 5.74) is 8.75. The normalized spacial score (nSPS) is 9.95. The van der Waals surface area contributed by atoms with Gasteiger partial charge in [-0.05, 0) is 24.7 Å². The maximum Gasteiger partial charge on any atom is 0.115 e. The Bertz CT molecular complexity index is 684. The van der Waals surface area contributed by atoms with E-state index in [1.807, 2.05) is 24.3 Å². The van der Waals surface area contributed by atoms with Crippen molar-refractivity contribution in [1.82, 2.24) is 19.5 Å². The number of nitrogens with two attached hydrogens (primary N) is 1. The van der Waals surface area contributed by atoms with E-state index in [1.165, 1.54) is 0 Å². The molecule has 0 radical (unpaired) electrons. The number of hydrogen-bond donors (Lipinski definition) is 1. The molecule has 2 heterocycles. The number of rotatable bonds is 4. The van der Waals surface area contributed by atoms with Crippen LogP contribution in [0.5, 0.6) is 0 Å². The van der Waals surface area contributed by atoms with Crippen LogP contribution in [0.4, 0.5) is 0 Å². The lowest BCUT2D eigenvalue weighted by atomic mass is 10.3. The lowest BCUT2D eigenvalue weighted by molar-refractivity contribution is 0.719. The summed E-state index contributed by atoms with van der Waals surface area (Å²) in [5, 5.41) is 0. The van der Waals surface area contributed by atoms with E-state index < -0.39 is 0 Å². The Balaban J connectivity index is 0.00000110. The minimum atomic E-state index is 0. The number of aromatic nitrogens is 4. The second kappa shape index (κ2) is 7.93. The zero-order valence-corrected chi connectivity index (χ0v) is 13.0. The first-order valence-electron chi connectivity index (χ1n) is 6.27. The van der Waals surface area contributed by atoms with E-state index in [9.17, 15) is 0 Å². The van der Waals surface area contributed by atoms with Crippen molar-refractivity contribution in [2.75, 3.05) is 6.54 Å². The maximum atomic E-state index is 5.67. The van der Waals surface area contributed by atoms with Gasteiger partial charge in [-0.25, -0.2) is 15.0 Å². The quantitative estimate of drug-likeness (QED) is 0.798. The monoisotopic (exact) mass is 325 g/mol. The van der Waals surface area contributed by atoms with E-state index in [2.05, 4.69) is 25.6 Å². The number of imidazole rings is 1. The first-order valence-corrected chi connectivity index (χ1v) is 6.27. The van der Waals surface area contributed by atoms with Crippen LogP contribution in [-0.4, -0.2) is 26.1 Å². The van der Waals surface area contributed by atoms with Crippen LogP contribution in [0.25, 0.3) is 11.0 Å². The van der Waals surface area contributed by atoms with Crippen molar-refractivity contribution in [2.45, 2.75) is 13.0 Å². The molecule has 2 N–H and O–H groups in total. The maximum absolute atomic E-state index is 5.67. The molecule has 3 aromatic rings. The van der Waals surface area contributed by atoms with Crippen LogP contribution >= 0.6 is 24.8 Å². The Morgan fingerprint density at radius 2 is 1.90 bits per heavy atom. The summed E-state index contributed by atoms with van der Waals surface area (Å²) < 4.78 is 2.17. The highest BCUT2D eigenvalue weighted by Gasteiger charge is 2.10. The topological polar surface area (TPSA) is 69.6 Å². The van der Waals surface area contributed by atoms with Gasteiger partial charge >= 0.3 is 0 Å². The number of nitrogens with zero attached hydrogens (tertiary/aromatic N) is 4. The summed E-state index contributed by atoms with van der Waals surface area (Å²) in [5.74, 6) is 1.00. The van der Waals surface area contributed by atoms with Crippen molar-refractivity contribution < 1.29 is 0 Å². The van der Waals surface area contributed by atoms with Crippen LogP contribution in [0.2, 0.25) is 0 Å². The lowest BCUT2D eigenvalue weighted by Crippen LogP contribution is -2.11. The first kappa shape index (κ1) is 17.4. The SMILES string of the molecule is Cl.Cl.NCCc1nc2ccccc2n1Cc1ccncn1. The molecular weight excluding hydrogens is 309 g/mol. The second-order valence-corrected chi connectivity index (χ2v) is 4.34. The summed E-state index contributed by atoms with van der Waals surface area (Å²) in [6.07, 6.45) is 4.08. The van der Waals surface area contributed by atoms with Crippen LogP contribution in [0.1, 0.15) is 11.5 Å². The predicted molar refractivity (Wildman–Crippen MR) is 88.1 cm³/mol. The molecule has 5 nitrogen and oxygen atoms in total. The van der Waals surface area contributed by atoms with E-state index in [-0.39, 0.29) is 24.8 Å². The van der Waals surface area contributed by atoms with Crippen molar-refractivity contribution in [3.05, 3.63) is 54.4 Å². The molecule has 0 amide bonds. The first-order chi connectivity index (χ1) is 9.38. The van der Waals surface area contributed by atoms with Gasteiger partial charge in [0.1, 0.15) is 12.2 Å². The fourth-order valence-electron chi connectivity index (χ4n) is 2.20. The van der Waals surface area contributed by atoms with Crippen molar-refractivity contribution in [3.8, 4) is 0 Å². The molecule has 112 valence electrons. The number of hydrogen-bond acceptors (Lipinski definition) is 4. The van der Waals surface area contributed by atoms with Crippen molar-refractivity contribution in [2.24, 2.45) is 5.73 Å². The second-order valence-electron chi connectivity index (χ2n) is 4.34. The summed E-state index contributed by atoms with van der Waals surface area (Å²) in [6, 6.07) is 10.0. The third kappa shape index (κ3) is 3.69. The van der Waals surface area contributed by atoms with Crippen LogP contribution in [-0.2, 0) is 13.0 Å². The average Bonchev–Trinajstić information content (AvgIpc) is 2.79. The summed E-state index contributed by atoms with van der Waals surface area (Å²) in [6.45, 7) is 1.28. The third-order valence-corrected chi connectivity index (χ3v) is 3.06. The van der Waals surface area contributed by atoms with E-state index in [0.717, 1.165) is 29.0 Å². The summed E-state index contributed by atoms with van der Waals surface area (Å²) in [4.78, 5) is 12.8. The number of para-hydroxylation sites is 2. The van der Waals surface area contributed by atoms with Gasteiger partial charge in [-0.3, -0.25) is 0 Å². The number of fused-ring (bicyclic) bond motifs is 1. The molecule has 7 heteroatoms. The summed E-state index contributed by atoms with van der Waals surface area (Å²) in [7, 11) is 0. The van der Waals surface area contributed by atoms with Gasteiger partial charge in [0, 0.05) is 12.6 Å². The molecule has 0 saturated heterocycles. The minimum absolute atomic E-state index is 0. The van der Waals surface area contributed by atoms with Crippen LogP contribution in [0.3, 0.4) is 0 Å². The minimum Gasteiger partial charge on any atom is -0.330 e. The molecular formula is C14H17Cl2N5. The third-order valence-electron chi connectivity index (χ3n) is 3.06. The largest absolute Gasteiger partial charge is 0.330 e. The average molecular weight is 326 g/mol. The Hall–Kier alpha value is -1.69. The summed E-state index contributed by atoms with van der Waals surface area (Å²) >= 11 is 0. The van der Waals surface area contributed by atoms with Crippen molar-refractivity contribution in [3.63, 3.8) is 0 Å². The standard InChI is InChI=1S/C14H15N5.2ClH/c15-7-5-14-18-12-3-1-2-4-13(12)19(14)9-11-6-8-16-10-17-11;;/h1-4,6,8,10H,5,7,9,15H2;2*1H. The molecule has 0 spiro atoms. The Morgan fingerprint density at radius 3 is 2.62 bits per heavy atom. The number of benzene rings is 1. The molecule has 0 bridgehead atoms. The zero-order valence-electron chi connectivity index (χ0n) is 11.3. The van der Waals surface area contributed by atoms with Crippen LogP contribution < -0.4 is 5.73 Å². The molecule has 21 heavy (non-hydrogen) atoms. The van der Waals surface area contributed by atoms with Gasteiger partial charge < -0.3 is 10.3 Å². The highest BCUT2D eigenvalue weighted by atomic mass is 35.5. The van der Waals surface area contributed by atoms with Crippen molar-refractivity contribution in [1.29, 1.82) is 0 Å².